The van der Waals surface area contributed by atoms with E-state index in [9.17, 15) is 67.7 Å². The van der Waals surface area contributed by atoms with E-state index >= 15 is 0 Å². The van der Waals surface area contributed by atoms with Gasteiger partial charge in [0.2, 0.25) is 29.5 Å². The summed E-state index contributed by atoms with van der Waals surface area (Å²) in [5.41, 5.74) is 27.8. The number of hydrogen-bond acceptors (Lipinski definition) is 26. The van der Waals surface area contributed by atoms with Crippen molar-refractivity contribution in [2.75, 3.05) is 0 Å². The molecule has 598 valence electrons. The minimum absolute atomic E-state index is 0.0390. The van der Waals surface area contributed by atoms with Gasteiger partial charge in [-0.1, -0.05) is 132 Å². The molecule has 36 N–H and O–H groups in total. The highest BCUT2D eigenvalue weighted by Gasteiger charge is 2.15. The SMILES string of the molecule is C/C(CC(C)C)=N/NC(=O)c1cc2ccccc2cc1O.CCC(=O)NN.NNC(=O)CCCCC(=O)NN.NNC(=O)CCCCCCCCCCC(=O)NN.NNC(=O)c1cc2ccccc2cc1O.NNC(=O)c1ccc(C(=O)NN)cc1.NNC(=O)c1cccc(C(=O)NN)c1.NNC(=O)c1ccccc1. The number of carbonyl (C=O) groups is 12. The van der Waals surface area contributed by atoms with Crippen molar-refractivity contribution in [3.63, 3.8) is 0 Å². The van der Waals surface area contributed by atoms with Crippen molar-refractivity contribution in [2.45, 2.75) is 130 Å². The lowest BCUT2D eigenvalue weighted by atomic mass is 10.1. The number of hydrazone groups is 1. The number of hydrazine groups is 11. The number of nitrogens with one attached hydrogen (secondary N) is 12. The number of amides is 12. The van der Waals surface area contributed by atoms with E-state index in [1.54, 1.807) is 61.5 Å². The highest BCUT2D eigenvalue weighted by atomic mass is 16.3. The molecule has 0 aliphatic carbocycles. The van der Waals surface area contributed by atoms with Gasteiger partial charge in [0.15, 0.2) is 0 Å². The van der Waals surface area contributed by atoms with Gasteiger partial charge in [-0.15, -0.1) is 0 Å². The number of unbranched alkanes of at least 4 members (excludes halogenated alkanes) is 8. The van der Waals surface area contributed by atoms with Crippen LogP contribution in [0.1, 0.15) is 203 Å². The van der Waals surface area contributed by atoms with Crippen molar-refractivity contribution >= 4 is 98.1 Å². The van der Waals surface area contributed by atoms with Crippen LogP contribution in [-0.4, -0.2) is 86.8 Å². The van der Waals surface area contributed by atoms with Gasteiger partial charge in [-0.25, -0.2) is 69.7 Å². The zero-order valence-corrected chi connectivity index (χ0v) is 61.9. The van der Waals surface area contributed by atoms with Gasteiger partial charge in [-0.2, -0.15) is 5.10 Å². The second-order valence-electron chi connectivity index (χ2n) is 23.4. The summed E-state index contributed by atoms with van der Waals surface area (Å²) < 4.78 is 0. The zero-order chi connectivity index (χ0) is 82.8. The Morgan fingerprint density at radius 3 is 0.891 bits per heavy atom. The summed E-state index contributed by atoms with van der Waals surface area (Å²) in [5.74, 6) is 50.7. The first-order valence-corrected chi connectivity index (χ1v) is 34.2. The average molecular weight is 1530 g/mol. The molecular formula is C72H106N24O14. The fraction of sp³-hybridized carbons (Fsp3) is 0.292. The number of hydrogen-bond donors (Lipinski definition) is 25. The predicted molar refractivity (Wildman–Crippen MR) is 417 cm³/mol. The van der Waals surface area contributed by atoms with Gasteiger partial charge < -0.3 is 10.2 Å². The molecule has 0 aliphatic heterocycles. The number of benzene rings is 7. The summed E-state index contributed by atoms with van der Waals surface area (Å²) in [6, 6.07) is 42.2. The molecular weight excluding hydrogens is 1420 g/mol. The van der Waals surface area contributed by atoms with Crippen LogP contribution in [0.15, 0.2) is 157 Å². The van der Waals surface area contributed by atoms with E-state index in [4.69, 9.17) is 58.4 Å². The van der Waals surface area contributed by atoms with Gasteiger partial charge in [0, 0.05) is 65.6 Å². The Morgan fingerprint density at radius 1 is 0.318 bits per heavy atom. The predicted octanol–water partition coefficient (Wildman–Crippen LogP) is 1.70. The van der Waals surface area contributed by atoms with Crippen LogP contribution < -0.4 is 129 Å². The minimum Gasteiger partial charge on any atom is -0.507 e. The number of fused-ring (bicyclic) bond motifs is 2. The number of aromatic hydroxyl groups is 2. The fourth-order valence-corrected chi connectivity index (χ4v) is 8.92. The molecule has 0 aliphatic rings. The Labute approximate surface area is 636 Å². The molecule has 0 fully saturated rings. The summed E-state index contributed by atoms with van der Waals surface area (Å²) >= 11 is 0. The van der Waals surface area contributed by atoms with Gasteiger partial charge in [-0.05, 0) is 145 Å². The molecule has 0 saturated heterocycles. The Kier molecular flexibility index (Phi) is 52.0. The molecule has 0 radical (unpaired) electrons. The van der Waals surface area contributed by atoms with Gasteiger partial charge in [0.05, 0.1) is 11.1 Å². The van der Waals surface area contributed by atoms with E-state index in [1.165, 1.54) is 55.3 Å². The van der Waals surface area contributed by atoms with E-state index in [2.05, 4.69) is 41.1 Å². The third-order valence-corrected chi connectivity index (χ3v) is 14.6. The summed E-state index contributed by atoms with van der Waals surface area (Å²) in [6.07, 6.45) is 12.9. The maximum Gasteiger partial charge on any atom is 0.275 e. The minimum atomic E-state index is -0.502. The molecule has 7 aromatic carbocycles. The van der Waals surface area contributed by atoms with Crippen LogP contribution in [0.4, 0.5) is 0 Å². The second-order valence-corrected chi connectivity index (χ2v) is 23.4. The molecule has 38 nitrogen and oxygen atoms in total. The van der Waals surface area contributed by atoms with Crippen LogP contribution in [-0.2, 0) is 24.0 Å². The second kappa shape index (κ2) is 58.7. The molecule has 0 unspecified atom stereocenters. The maximum absolute atomic E-state index is 12.1. The molecule has 38 heteroatoms. The molecule has 110 heavy (non-hydrogen) atoms. The quantitative estimate of drug-likeness (QED) is 0.0115. The highest BCUT2D eigenvalue weighted by molar-refractivity contribution is 6.03. The van der Waals surface area contributed by atoms with Crippen LogP contribution in [0.2, 0.25) is 0 Å². The normalized spacial score (nSPS) is 9.91. The Morgan fingerprint density at radius 2 is 0.591 bits per heavy atom. The number of nitrogens with zero attached hydrogens (tertiary/aromatic N) is 1. The molecule has 0 atom stereocenters. The van der Waals surface area contributed by atoms with E-state index in [0.717, 1.165) is 72.2 Å². The molecule has 12 amide bonds. The molecule has 0 bridgehead atoms. The van der Waals surface area contributed by atoms with Crippen molar-refractivity contribution in [1.82, 2.24) is 65.1 Å². The monoisotopic (exact) mass is 1530 g/mol. The zero-order valence-electron chi connectivity index (χ0n) is 61.9. The fourth-order valence-electron chi connectivity index (χ4n) is 8.92. The van der Waals surface area contributed by atoms with E-state index in [-0.39, 0.29) is 58.1 Å². The molecule has 7 rings (SSSR count). The topological polar surface area (TPSA) is 688 Å². The Hall–Kier alpha value is -12.5. The largest absolute Gasteiger partial charge is 0.507 e. The van der Waals surface area contributed by atoms with E-state index < -0.39 is 35.4 Å². The maximum atomic E-state index is 12.1. The summed E-state index contributed by atoms with van der Waals surface area (Å²) in [6.45, 7) is 7.80. The summed E-state index contributed by atoms with van der Waals surface area (Å²) in [4.78, 5) is 131. The first-order valence-electron chi connectivity index (χ1n) is 34.2. The number of phenolic OH excluding ortho intramolecular Hbond substituents is 2. The van der Waals surface area contributed by atoms with Crippen LogP contribution in [0.25, 0.3) is 21.5 Å². The van der Waals surface area contributed by atoms with E-state index in [1.807, 2.05) is 110 Å². The summed E-state index contributed by atoms with van der Waals surface area (Å²) in [7, 11) is 0. The van der Waals surface area contributed by atoms with Crippen LogP contribution >= 0.6 is 0 Å². The number of rotatable bonds is 27. The van der Waals surface area contributed by atoms with Crippen LogP contribution in [0.5, 0.6) is 11.5 Å². The molecule has 7 aromatic rings. The Balaban J connectivity index is 0.00000126. The van der Waals surface area contributed by atoms with Crippen molar-refractivity contribution in [2.24, 2.45) is 75.3 Å². The van der Waals surface area contributed by atoms with Crippen molar-refractivity contribution in [1.29, 1.82) is 0 Å². The van der Waals surface area contributed by atoms with Crippen molar-refractivity contribution < 1.29 is 67.7 Å². The number of nitrogen functional groups attached to an aromatic ring is 6. The lowest BCUT2D eigenvalue weighted by Gasteiger charge is -2.07. The lowest BCUT2D eigenvalue weighted by Crippen LogP contribution is -2.32. The molecule has 0 saturated carbocycles. The summed E-state index contributed by atoms with van der Waals surface area (Å²) in [5, 5.41) is 27.2. The van der Waals surface area contributed by atoms with Gasteiger partial charge in [0.1, 0.15) is 11.5 Å². The Bertz CT molecular complexity index is 3930. The van der Waals surface area contributed by atoms with Crippen molar-refractivity contribution in [3.8, 4) is 11.5 Å². The first-order chi connectivity index (χ1) is 52.6. The van der Waals surface area contributed by atoms with Crippen LogP contribution in [0, 0.1) is 5.92 Å². The molecule has 0 heterocycles. The van der Waals surface area contributed by atoms with Gasteiger partial charge in [-0.3, -0.25) is 117 Å². The van der Waals surface area contributed by atoms with Gasteiger partial charge in [0.25, 0.3) is 41.4 Å². The standard InChI is InChI=1S/C17H20N2O2.C12H26N4O2.C11H10N2O2.2C8H10N4O2.C7H8N2O.C6H14N4O2.C3H8N2O/c1-11(2)8-12(3)18-19-17(21)15-9-13-6-4-5-7-14(13)10-16(15)20;13-15-11(17)9-7-5-3-1-2-4-6-8-10-12(18)16-14;12-13-11(15)9-5-7-3-1-2-4-8(7)6-10(9)14;9-11-7(13)5-1-2-6(4-3-5)8(14)12-10;9-11-7(13)5-2-1-3-6(4-5)8(14)12-10;8-9-7(10)6-4-2-1-3-5-6;7-9-5(11)3-1-2-4-6(12)10-8;1-2-3(6)5-4/h4-7,9-11,20H,8H2,1-3H3,(H,19,21);1-10,13-14H2,(H,15,17)(H,16,18);1-6,14H,12H2,(H,13,15);2*1-4H,9-10H2,(H,11,13)(H,12,14);1-5H,8H2,(H,9,10);1-4,7-8H2,(H,9,11)(H,10,12);2,4H2,1H3,(H,5,6)/b18-12-;;;;;;;. The average Bonchev–Trinajstić information content (AvgIpc) is 0.819. The van der Waals surface area contributed by atoms with Gasteiger partial charge >= 0.3 is 0 Å². The number of nitrogens with two attached hydrogens (primary N) is 11. The van der Waals surface area contributed by atoms with E-state index in [0.29, 0.717) is 78.7 Å². The number of phenols is 2. The highest BCUT2D eigenvalue weighted by Crippen LogP contribution is 2.26. The smallest absolute Gasteiger partial charge is 0.275 e. The third kappa shape index (κ3) is 42.0. The van der Waals surface area contributed by atoms with Crippen molar-refractivity contribution in [3.05, 3.63) is 191 Å². The molecule has 0 aromatic heterocycles. The van der Waals surface area contributed by atoms with Crippen LogP contribution in [0.3, 0.4) is 0 Å². The lowest BCUT2D eigenvalue weighted by molar-refractivity contribution is -0.123. The first kappa shape index (κ1) is 97.5. The molecule has 0 spiro atoms. The third-order valence-electron chi connectivity index (χ3n) is 14.6. The number of carbonyl (C=O) groups excluding carboxylic acids is 12.